The average molecular weight is 764 g/mol. The van der Waals surface area contributed by atoms with Gasteiger partial charge in [-0.05, 0) is 161 Å². The molecule has 0 heterocycles. The van der Waals surface area contributed by atoms with E-state index in [4.69, 9.17) is 0 Å². The van der Waals surface area contributed by atoms with Crippen molar-refractivity contribution in [3.63, 3.8) is 0 Å². The first-order chi connectivity index (χ1) is 29.1. The lowest BCUT2D eigenvalue weighted by Crippen LogP contribution is -2.11. The largest absolute Gasteiger partial charge is 0.310 e. The van der Waals surface area contributed by atoms with E-state index < -0.39 is 0 Å². The molecule has 0 bridgehead atoms. The number of allylic oxidation sites excluding steroid dienone is 21. The zero-order valence-corrected chi connectivity index (χ0v) is 34.4. The van der Waals surface area contributed by atoms with E-state index in [1.54, 1.807) is 0 Å². The fourth-order valence-electron chi connectivity index (χ4n) is 8.55. The molecule has 5 aromatic rings. The van der Waals surface area contributed by atoms with Gasteiger partial charge in [0.05, 0.1) is 0 Å². The molecule has 0 amide bonds. The van der Waals surface area contributed by atoms with Gasteiger partial charge in [0.15, 0.2) is 0 Å². The van der Waals surface area contributed by atoms with E-state index in [0.29, 0.717) is 0 Å². The molecule has 0 unspecified atom stereocenters. The second-order valence-corrected chi connectivity index (χ2v) is 15.3. The topological polar surface area (TPSA) is 3.24 Å². The third-order valence-corrected chi connectivity index (χ3v) is 11.6. The van der Waals surface area contributed by atoms with E-state index >= 15 is 0 Å². The van der Waals surface area contributed by atoms with Crippen LogP contribution in [0.2, 0.25) is 0 Å². The first-order valence-electron chi connectivity index (χ1n) is 21.2. The first-order valence-corrected chi connectivity index (χ1v) is 21.2. The predicted molar refractivity (Wildman–Crippen MR) is 258 cm³/mol. The van der Waals surface area contributed by atoms with Gasteiger partial charge in [-0.3, -0.25) is 0 Å². The summed E-state index contributed by atoms with van der Waals surface area (Å²) in [4.78, 5) is 2.41. The highest BCUT2D eigenvalue weighted by molar-refractivity contribution is 5.97. The Labute approximate surface area is 351 Å². The van der Waals surface area contributed by atoms with Crippen LogP contribution in [0.15, 0.2) is 224 Å². The Morgan fingerprint density at radius 2 is 1.37 bits per heavy atom. The number of hydrogen-bond donors (Lipinski definition) is 0. The van der Waals surface area contributed by atoms with E-state index in [0.717, 1.165) is 61.2 Å². The quantitative estimate of drug-likeness (QED) is 0.114. The lowest BCUT2D eigenvalue weighted by atomic mass is 9.84. The highest BCUT2D eigenvalue weighted by Gasteiger charge is 2.20. The number of benzene rings is 5. The van der Waals surface area contributed by atoms with Crippen molar-refractivity contribution in [2.45, 2.75) is 52.4 Å². The molecule has 290 valence electrons. The smallest absolute Gasteiger partial charge is 0.0468 e. The molecule has 0 atom stereocenters. The van der Waals surface area contributed by atoms with Crippen LogP contribution in [0, 0.1) is 0 Å². The van der Waals surface area contributed by atoms with Gasteiger partial charge < -0.3 is 4.90 Å². The maximum absolute atomic E-state index is 4.14. The molecule has 0 saturated carbocycles. The second-order valence-electron chi connectivity index (χ2n) is 15.3. The zero-order chi connectivity index (χ0) is 40.4. The highest BCUT2D eigenvalue weighted by atomic mass is 15.1. The van der Waals surface area contributed by atoms with Crippen LogP contribution in [-0.4, -0.2) is 0 Å². The van der Waals surface area contributed by atoms with Crippen molar-refractivity contribution in [1.29, 1.82) is 0 Å². The van der Waals surface area contributed by atoms with Crippen molar-refractivity contribution in [2.75, 3.05) is 4.90 Å². The molecule has 1 heteroatoms. The summed E-state index contributed by atoms with van der Waals surface area (Å²) in [6, 6.07) is 40.3. The minimum absolute atomic E-state index is 0.980. The molecule has 0 N–H and O–H groups in total. The monoisotopic (exact) mass is 763 g/mol. The predicted octanol–water partition coefficient (Wildman–Crippen LogP) is 16.7. The zero-order valence-electron chi connectivity index (χ0n) is 34.4. The number of rotatable bonds is 12. The van der Waals surface area contributed by atoms with Crippen LogP contribution in [0.5, 0.6) is 0 Å². The number of hydrogen-bond acceptors (Lipinski definition) is 1. The Kier molecular flexibility index (Phi) is 12.4. The minimum Gasteiger partial charge on any atom is -0.310 e. The lowest BCUT2D eigenvalue weighted by Gasteiger charge is -2.28. The lowest BCUT2D eigenvalue weighted by molar-refractivity contribution is 0.905. The molecule has 3 aliphatic rings. The van der Waals surface area contributed by atoms with Crippen LogP contribution < -0.4 is 4.90 Å². The summed E-state index contributed by atoms with van der Waals surface area (Å²) >= 11 is 0. The van der Waals surface area contributed by atoms with Gasteiger partial charge in [0.25, 0.3) is 0 Å². The average Bonchev–Trinajstić information content (AvgIpc) is 3.31. The Morgan fingerprint density at radius 3 is 2.08 bits per heavy atom. The summed E-state index contributed by atoms with van der Waals surface area (Å²) in [5.41, 5.74) is 17.3. The Hall–Kier alpha value is -6.70. The Balaban J connectivity index is 1.26. The van der Waals surface area contributed by atoms with Gasteiger partial charge >= 0.3 is 0 Å². The van der Waals surface area contributed by atoms with Crippen molar-refractivity contribution in [1.82, 2.24) is 0 Å². The minimum atomic E-state index is 0.980. The molecule has 0 spiro atoms. The van der Waals surface area contributed by atoms with E-state index in [1.165, 1.54) is 66.5 Å². The fourth-order valence-corrected chi connectivity index (χ4v) is 8.55. The molecule has 8 rings (SSSR count). The summed E-state index contributed by atoms with van der Waals surface area (Å²) < 4.78 is 0. The van der Waals surface area contributed by atoms with Crippen LogP contribution in [0.25, 0.3) is 38.6 Å². The van der Waals surface area contributed by atoms with Gasteiger partial charge in [0, 0.05) is 17.1 Å². The van der Waals surface area contributed by atoms with Gasteiger partial charge in [0.2, 0.25) is 0 Å². The van der Waals surface area contributed by atoms with E-state index in [2.05, 4.69) is 220 Å². The summed E-state index contributed by atoms with van der Waals surface area (Å²) in [7, 11) is 0. The van der Waals surface area contributed by atoms with E-state index in [-0.39, 0.29) is 0 Å². The number of fused-ring (bicyclic) bond motifs is 1. The highest BCUT2D eigenvalue weighted by Crippen LogP contribution is 2.42. The summed E-state index contributed by atoms with van der Waals surface area (Å²) in [5.74, 6) is 0. The third-order valence-electron chi connectivity index (χ3n) is 11.6. The van der Waals surface area contributed by atoms with Crippen molar-refractivity contribution >= 4 is 44.6 Å². The van der Waals surface area contributed by atoms with Gasteiger partial charge in [-0.25, -0.2) is 0 Å². The Morgan fingerprint density at radius 1 is 0.627 bits per heavy atom. The van der Waals surface area contributed by atoms with Gasteiger partial charge in [-0.1, -0.05) is 171 Å². The summed E-state index contributed by atoms with van der Waals surface area (Å²) in [6.45, 7) is 8.31. The fraction of sp³-hybridized carbons (Fsp3) is 0.138. The number of nitrogens with zero attached hydrogens (tertiary/aromatic N) is 1. The van der Waals surface area contributed by atoms with Crippen LogP contribution in [-0.2, 0) is 0 Å². The van der Waals surface area contributed by atoms with Crippen LogP contribution in [0.4, 0.5) is 17.1 Å². The van der Waals surface area contributed by atoms with Gasteiger partial charge in [0.1, 0.15) is 0 Å². The van der Waals surface area contributed by atoms with Crippen molar-refractivity contribution in [3.8, 4) is 11.1 Å². The van der Waals surface area contributed by atoms with Crippen molar-refractivity contribution in [3.05, 3.63) is 240 Å². The van der Waals surface area contributed by atoms with E-state index in [9.17, 15) is 0 Å². The first kappa shape index (κ1) is 39.1. The summed E-state index contributed by atoms with van der Waals surface area (Å²) in [5, 5.41) is 2.51. The molecular formula is C58H53N. The molecule has 3 aliphatic carbocycles. The van der Waals surface area contributed by atoms with Crippen LogP contribution in [0.3, 0.4) is 0 Å². The standard InChI is InChI=1S/C58H53N/c1-4-16-44(6-3)46-32-36-52(37-33-46)59(53-38-34-50(35-39-53)56-25-15-23-49-22-13-14-24-55(49)56)54-40-41-57(48(17-5-2)27-26-43-18-9-7-10-19-43)58(42-54)51-30-28-47(29-31-51)45-20-11-8-12-21-45/h4-6,8-9,11,13-20,22-28,30,32-42H,2,7,10,12,21,29,31H2,1,3H3/b16-4-,27-26+,44-6+,48-17+. The van der Waals surface area contributed by atoms with Gasteiger partial charge in [-0.15, -0.1) is 0 Å². The maximum atomic E-state index is 4.14. The van der Waals surface area contributed by atoms with Crippen LogP contribution >= 0.6 is 0 Å². The summed E-state index contributed by atoms with van der Waals surface area (Å²) in [6.07, 6.45) is 39.8. The molecule has 0 aliphatic heterocycles. The van der Waals surface area contributed by atoms with E-state index in [1.807, 2.05) is 6.08 Å². The van der Waals surface area contributed by atoms with Crippen molar-refractivity contribution in [2.24, 2.45) is 0 Å². The molecule has 0 fully saturated rings. The molecule has 59 heavy (non-hydrogen) atoms. The maximum Gasteiger partial charge on any atom is 0.0468 e. The Bertz CT molecular complexity index is 2650. The molecule has 0 radical (unpaired) electrons. The normalized spacial score (nSPS) is 16.0. The molecule has 0 saturated heterocycles. The third kappa shape index (κ3) is 8.91. The second kappa shape index (κ2) is 18.7. The molecule has 5 aromatic carbocycles. The molecular weight excluding hydrogens is 711 g/mol. The van der Waals surface area contributed by atoms with Crippen molar-refractivity contribution < 1.29 is 0 Å². The SMILES string of the molecule is C=C/C=C(\C=C\C1=CCCC=C1)c1ccc(N(c2ccc(C(/C=C\C)=C/C)cc2)c2ccc(-c3cccc4ccccc34)cc2)cc1C1=CC=C(C2=CC=CCC2)CC1. The molecule has 0 aromatic heterocycles. The van der Waals surface area contributed by atoms with Gasteiger partial charge in [-0.2, -0.15) is 0 Å². The number of anilines is 3. The molecule has 1 nitrogen and oxygen atoms in total. The van der Waals surface area contributed by atoms with Crippen LogP contribution in [0.1, 0.15) is 69.1 Å².